The van der Waals surface area contributed by atoms with Crippen molar-refractivity contribution in [3.8, 4) is 17.2 Å². The number of aliphatic hydroxyl groups excluding tert-OH is 1. The summed E-state index contributed by atoms with van der Waals surface area (Å²) in [5.41, 5.74) is 7.98. The van der Waals surface area contributed by atoms with Crippen LogP contribution in [0, 0.1) is 0 Å². The van der Waals surface area contributed by atoms with Gasteiger partial charge in [-0.3, -0.25) is 4.79 Å². The molecule has 0 spiro atoms. The van der Waals surface area contributed by atoms with Crippen molar-refractivity contribution in [2.45, 2.75) is 44.8 Å². The first kappa shape index (κ1) is 25.1. The number of ether oxygens (including phenoxy) is 3. The maximum atomic E-state index is 12.7. The van der Waals surface area contributed by atoms with Crippen molar-refractivity contribution in [2.24, 2.45) is 0 Å². The van der Waals surface area contributed by atoms with Crippen molar-refractivity contribution >= 4 is 23.1 Å². The second-order valence-corrected chi connectivity index (χ2v) is 8.79. The molecule has 0 amide bonds. The third-order valence-electron chi connectivity index (χ3n) is 5.86. The molecule has 180 valence electrons. The highest BCUT2D eigenvalue weighted by molar-refractivity contribution is 6.33. The van der Waals surface area contributed by atoms with Gasteiger partial charge in [0.15, 0.2) is 0 Å². The molecule has 0 radical (unpaired) electrons. The Kier molecular flexibility index (Phi) is 9.23. The van der Waals surface area contributed by atoms with Crippen molar-refractivity contribution in [3.05, 3.63) is 46.5 Å². The van der Waals surface area contributed by atoms with E-state index < -0.39 is 0 Å². The zero-order valence-corrected chi connectivity index (χ0v) is 20.1. The lowest BCUT2D eigenvalue weighted by Crippen LogP contribution is -2.36. The molecule has 1 aliphatic heterocycles. The molecule has 0 unspecified atom stereocenters. The van der Waals surface area contributed by atoms with Crippen LogP contribution in [0.4, 0.5) is 5.69 Å². The Balaban J connectivity index is 1.60. The summed E-state index contributed by atoms with van der Waals surface area (Å²) < 4.78 is 16.7. The van der Waals surface area contributed by atoms with Crippen LogP contribution >= 0.6 is 11.6 Å². The summed E-state index contributed by atoms with van der Waals surface area (Å²) in [6.45, 7) is 2.89. The molecule has 1 aliphatic rings. The molecule has 7 nitrogen and oxygen atoms in total. The minimum atomic E-state index is -0.186. The Hall–Kier alpha value is -2.48. The normalized spacial score (nSPS) is 14.8. The lowest BCUT2D eigenvalue weighted by molar-refractivity contribution is -0.118. The SMILES string of the molecule is COc1cc(COc2cc(N)c(Cl)cc2CC(=O)CCCN2CCC(O)CC2)cc(OC)c1. The first-order valence-corrected chi connectivity index (χ1v) is 11.6. The molecule has 2 aromatic carbocycles. The van der Waals surface area contributed by atoms with Gasteiger partial charge in [-0.25, -0.2) is 0 Å². The van der Waals surface area contributed by atoms with Crippen molar-refractivity contribution in [1.82, 2.24) is 4.90 Å². The molecule has 33 heavy (non-hydrogen) atoms. The van der Waals surface area contributed by atoms with Crippen LogP contribution < -0.4 is 19.9 Å². The van der Waals surface area contributed by atoms with E-state index in [2.05, 4.69) is 4.90 Å². The summed E-state index contributed by atoms with van der Waals surface area (Å²) in [4.78, 5) is 15.0. The van der Waals surface area contributed by atoms with Crippen molar-refractivity contribution < 1.29 is 24.1 Å². The second-order valence-electron chi connectivity index (χ2n) is 8.38. The largest absolute Gasteiger partial charge is 0.497 e. The Bertz CT molecular complexity index is 922. The third-order valence-corrected chi connectivity index (χ3v) is 6.19. The molecule has 3 N–H and O–H groups in total. The minimum absolute atomic E-state index is 0.126. The van der Waals surface area contributed by atoms with Crippen LogP contribution in [0.2, 0.25) is 5.02 Å². The predicted octanol–water partition coefficient (Wildman–Crippen LogP) is 3.87. The number of nitrogens with zero attached hydrogens (tertiary/aromatic N) is 1. The molecule has 3 rings (SSSR count). The van der Waals surface area contributed by atoms with Gasteiger partial charge in [0, 0.05) is 43.6 Å². The summed E-state index contributed by atoms with van der Waals surface area (Å²) in [5.74, 6) is 2.00. The summed E-state index contributed by atoms with van der Waals surface area (Å²) in [6.07, 6.45) is 2.92. The van der Waals surface area contributed by atoms with Gasteiger partial charge in [0.05, 0.1) is 31.0 Å². The zero-order chi connectivity index (χ0) is 23.8. The van der Waals surface area contributed by atoms with Gasteiger partial charge in [0.1, 0.15) is 29.6 Å². The number of aliphatic hydroxyl groups is 1. The lowest BCUT2D eigenvalue weighted by Gasteiger charge is -2.29. The fourth-order valence-corrected chi connectivity index (χ4v) is 4.12. The summed E-state index contributed by atoms with van der Waals surface area (Å²) >= 11 is 6.23. The number of ketones is 1. The Morgan fingerprint density at radius 1 is 1.12 bits per heavy atom. The number of carbonyl (C=O) groups excluding carboxylic acids is 1. The molecular formula is C25H33ClN2O5. The predicted molar refractivity (Wildman–Crippen MR) is 129 cm³/mol. The number of hydrogen-bond donors (Lipinski definition) is 2. The molecule has 8 heteroatoms. The van der Waals surface area contributed by atoms with E-state index in [9.17, 15) is 9.90 Å². The molecule has 1 saturated heterocycles. The average molecular weight is 477 g/mol. The van der Waals surface area contributed by atoms with Crippen LogP contribution in [0.1, 0.15) is 36.8 Å². The Labute approximate surface area is 200 Å². The van der Waals surface area contributed by atoms with Gasteiger partial charge >= 0.3 is 0 Å². The van der Waals surface area contributed by atoms with Gasteiger partial charge < -0.3 is 30.0 Å². The smallest absolute Gasteiger partial charge is 0.137 e. The van der Waals surface area contributed by atoms with Gasteiger partial charge in [-0.1, -0.05) is 11.6 Å². The van der Waals surface area contributed by atoms with Gasteiger partial charge in [0.25, 0.3) is 0 Å². The van der Waals surface area contributed by atoms with E-state index in [1.54, 1.807) is 32.4 Å². The maximum absolute atomic E-state index is 12.7. The Morgan fingerprint density at radius 2 is 1.79 bits per heavy atom. The van der Waals surface area contributed by atoms with Crippen molar-refractivity contribution in [1.29, 1.82) is 0 Å². The van der Waals surface area contributed by atoms with E-state index in [1.165, 1.54) is 0 Å². The van der Waals surface area contributed by atoms with Crippen LogP contribution in [0.15, 0.2) is 30.3 Å². The quantitative estimate of drug-likeness (QED) is 0.475. The highest BCUT2D eigenvalue weighted by Gasteiger charge is 2.17. The van der Waals surface area contributed by atoms with Crippen LogP contribution in [-0.4, -0.2) is 55.7 Å². The number of hydrogen-bond acceptors (Lipinski definition) is 7. The molecule has 0 aliphatic carbocycles. The second kappa shape index (κ2) is 12.1. The molecule has 0 aromatic heterocycles. The summed E-state index contributed by atoms with van der Waals surface area (Å²) in [6, 6.07) is 8.90. The number of Topliss-reactive ketones (excluding diaryl/α,β-unsaturated/α-hetero) is 1. The van der Waals surface area contributed by atoms with Gasteiger partial charge in [-0.05, 0) is 49.6 Å². The van der Waals surface area contributed by atoms with Gasteiger partial charge in [0.2, 0.25) is 0 Å². The van der Waals surface area contributed by atoms with Crippen LogP contribution in [0.25, 0.3) is 0 Å². The zero-order valence-electron chi connectivity index (χ0n) is 19.3. The standard InChI is InChI=1S/C25H33ClN2O5/c1-31-21-10-17(11-22(14-21)32-2)16-33-25-15-24(27)23(26)13-18(25)12-20(30)4-3-7-28-8-5-19(29)6-9-28/h10-11,13-15,19,29H,3-9,12,16,27H2,1-2H3. The number of anilines is 1. The minimum Gasteiger partial charge on any atom is -0.497 e. The molecule has 0 saturated carbocycles. The van der Waals surface area contributed by atoms with E-state index in [0.717, 1.165) is 50.0 Å². The molecule has 1 heterocycles. The topological polar surface area (TPSA) is 94.3 Å². The number of nitrogens with two attached hydrogens (primary N) is 1. The molecular weight excluding hydrogens is 444 g/mol. The first-order chi connectivity index (χ1) is 15.9. The van der Waals surface area contributed by atoms with Gasteiger partial charge in [-0.15, -0.1) is 0 Å². The number of piperidine rings is 1. The molecule has 0 bridgehead atoms. The number of rotatable bonds is 11. The molecule has 2 aromatic rings. The number of halogens is 1. The number of carbonyl (C=O) groups is 1. The van der Waals surface area contributed by atoms with Crippen LogP contribution in [0.3, 0.4) is 0 Å². The fraction of sp³-hybridized carbons (Fsp3) is 0.480. The van der Waals surface area contributed by atoms with Crippen LogP contribution in [0.5, 0.6) is 17.2 Å². The number of benzene rings is 2. The van der Waals surface area contributed by atoms with Crippen molar-refractivity contribution in [2.75, 3.05) is 39.6 Å². The molecule has 0 atom stereocenters. The highest BCUT2D eigenvalue weighted by atomic mass is 35.5. The van der Waals surface area contributed by atoms with E-state index >= 15 is 0 Å². The average Bonchev–Trinajstić information content (AvgIpc) is 2.81. The van der Waals surface area contributed by atoms with E-state index in [4.69, 9.17) is 31.5 Å². The Morgan fingerprint density at radius 3 is 2.42 bits per heavy atom. The first-order valence-electron chi connectivity index (χ1n) is 11.2. The van der Waals surface area contributed by atoms with Crippen LogP contribution in [-0.2, 0) is 17.8 Å². The fourth-order valence-electron chi connectivity index (χ4n) is 3.94. The molecule has 1 fully saturated rings. The lowest BCUT2D eigenvalue weighted by atomic mass is 10.0. The summed E-state index contributed by atoms with van der Waals surface area (Å²) in [7, 11) is 3.19. The number of methoxy groups -OCH3 is 2. The number of likely N-dealkylation sites (tertiary alicyclic amines) is 1. The maximum Gasteiger partial charge on any atom is 0.137 e. The van der Waals surface area contributed by atoms with E-state index in [-0.39, 0.29) is 24.9 Å². The number of nitrogen functional groups attached to an aromatic ring is 1. The monoisotopic (exact) mass is 476 g/mol. The third kappa shape index (κ3) is 7.52. The van der Waals surface area contributed by atoms with Crippen molar-refractivity contribution in [3.63, 3.8) is 0 Å². The highest BCUT2D eigenvalue weighted by Crippen LogP contribution is 2.31. The summed E-state index contributed by atoms with van der Waals surface area (Å²) in [5, 5.41) is 10.0. The van der Waals surface area contributed by atoms with E-state index in [1.807, 2.05) is 12.1 Å². The van der Waals surface area contributed by atoms with Gasteiger partial charge in [-0.2, -0.15) is 0 Å². The van der Waals surface area contributed by atoms with E-state index in [0.29, 0.717) is 34.4 Å².